The molecule has 2 amide bonds. The van der Waals surface area contributed by atoms with Gasteiger partial charge in [-0.2, -0.15) is 0 Å². The number of cyclic esters (lactones) is 1. The molecule has 0 saturated carbocycles. The molecule has 1 aliphatic heterocycles. The van der Waals surface area contributed by atoms with Crippen LogP contribution in [0.3, 0.4) is 0 Å². The fourth-order valence-electron chi connectivity index (χ4n) is 2.78. The number of amides is 2. The first-order valence-electron chi connectivity index (χ1n) is 8.32. The molecule has 2 aromatic carbocycles. The SMILES string of the molecule is O=C1OC[C@H](Cc2ccccc2)N1C(=O)C(CCl)=[S+]Cc1ccccc1. The predicted molar refractivity (Wildman–Crippen MR) is 105 cm³/mol. The van der Waals surface area contributed by atoms with Gasteiger partial charge >= 0.3 is 12.0 Å². The number of ether oxygens (including phenoxy) is 1. The Hall–Kier alpha value is -2.24. The molecule has 1 aliphatic rings. The number of carbonyl (C=O) groups is 2. The van der Waals surface area contributed by atoms with Gasteiger partial charge in [-0.25, -0.2) is 9.69 Å². The normalized spacial score (nSPS) is 17.3. The van der Waals surface area contributed by atoms with E-state index in [9.17, 15) is 9.59 Å². The molecule has 0 spiro atoms. The Labute approximate surface area is 161 Å². The molecule has 2 aromatic rings. The van der Waals surface area contributed by atoms with E-state index < -0.39 is 6.09 Å². The lowest BCUT2D eigenvalue weighted by Crippen LogP contribution is -2.44. The lowest BCUT2D eigenvalue weighted by atomic mass is 10.1. The number of alkyl halides is 1. The van der Waals surface area contributed by atoms with Crippen LogP contribution in [0.5, 0.6) is 0 Å². The first-order chi connectivity index (χ1) is 12.7. The van der Waals surface area contributed by atoms with Crippen molar-refractivity contribution in [3.63, 3.8) is 0 Å². The van der Waals surface area contributed by atoms with Gasteiger partial charge < -0.3 is 4.74 Å². The van der Waals surface area contributed by atoms with Crippen molar-refractivity contribution in [1.29, 1.82) is 0 Å². The summed E-state index contributed by atoms with van der Waals surface area (Å²) in [6.07, 6.45) is -0.0316. The summed E-state index contributed by atoms with van der Waals surface area (Å²) in [6.45, 7) is 0.207. The smallest absolute Gasteiger partial charge is 0.417 e. The predicted octanol–water partition coefficient (Wildman–Crippen LogP) is 3.27. The van der Waals surface area contributed by atoms with Crippen molar-refractivity contribution in [3.8, 4) is 0 Å². The lowest BCUT2D eigenvalue weighted by Gasteiger charge is -2.17. The first kappa shape index (κ1) is 18.5. The summed E-state index contributed by atoms with van der Waals surface area (Å²) in [5.41, 5.74) is 2.15. The van der Waals surface area contributed by atoms with Crippen molar-refractivity contribution in [2.75, 3.05) is 12.5 Å². The zero-order chi connectivity index (χ0) is 18.4. The van der Waals surface area contributed by atoms with E-state index in [1.54, 1.807) is 0 Å². The topological polar surface area (TPSA) is 46.6 Å². The quantitative estimate of drug-likeness (QED) is 0.433. The summed E-state index contributed by atoms with van der Waals surface area (Å²) in [5.74, 6) is 0.336. The van der Waals surface area contributed by atoms with Gasteiger partial charge in [0.1, 0.15) is 12.5 Å². The molecule has 134 valence electrons. The zero-order valence-corrected chi connectivity index (χ0v) is 15.7. The molecule has 3 rings (SSSR count). The summed E-state index contributed by atoms with van der Waals surface area (Å²) in [4.78, 5) is 26.7. The van der Waals surface area contributed by atoms with Crippen LogP contribution in [0.4, 0.5) is 4.79 Å². The third kappa shape index (κ3) is 4.48. The van der Waals surface area contributed by atoms with E-state index in [2.05, 4.69) is 0 Å². The second-order valence-electron chi connectivity index (χ2n) is 5.93. The standard InChI is InChI=1S/C20H19ClNO3S/c21-12-18(26-14-16-9-5-2-6-10-16)19(23)22-17(13-25-20(22)24)11-15-7-3-1-4-8-15/h1-10,17H,11-14H2/q+1/t17-/m0/s1. The van der Waals surface area contributed by atoms with Gasteiger partial charge in [0.15, 0.2) is 11.4 Å². The van der Waals surface area contributed by atoms with Crippen molar-refractivity contribution in [3.05, 3.63) is 71.8 Å². The van der Waals surface area contributed by atoms with E-state index in [4.69, 9.17) is 16.3 Å². The van der Waals surface area contributed by atoms with Gasteiger partial charge in [-0.1, -0.05) is 60.7 Å². The van der Waals surface area contributed by atoms with Crippen LogP contribution >= 0.6 is 11.6 Å². The number of nitrogens with zero attached hydrogens (tertiary/aromatic N) is 1. The Kier molecular flexibility index (Phi) is 6.36. The summed E-state index contributed by atoms with van der Waals surface area (Å²) < 4.78 is 5.13. The van der Waals surface area contributed by atoms with Crippen LogP contribution in [0.15, 0.2) is 60.7 Å². The number of imide groups is 1. The number of carbonyl (C=O) groups excluding carboxylic acids is 2. The van der Waals surface area contributed by atoms with E-state index in [1.165, 1.54) is 16.3 Å². The molecule has 0 bridgehead atoms. The number of rotatable bonds is 6. The summed E-state index contributed by atoms with van der Waals surface area (Å²) >= 11 is 7.37. The number of hydrogen-bond acceptors (Lipinski definition) is 3. The minimum absolute atomic E-state index is 0.0676. The molecule has 4 nitrogen and oxygen atoms in total. The highest BCUT2D eigenvalue weighted by molar-refractivity contribution is 7.79. The van der Waals surface area contributed by atoms with Gasteiger partial charge in [0.2, 0.25) is 5.75 Å². The van der Waals surface area contributed by atoms with Crippen LogP contribution in [-0.4, -0.2) is 40.3 Å². The molecule has 1 atom stereocenters. The second-order valence-corrected chi connectivity index (χ2v) is 7.26. The molecule has 0 aromatic heterocycles. The molecule has 26 heavy (non-hydrogen) atoms. The molecular formula is C20H19ClNO3S+. The minimum atomic E-state index is -0.598. The number of halogens is 1. The van der Waals surface area contributed by atoms with Crippen LogP contribution in [0.25, 0.3) is 0 Å². The maximum atomic E-state index is 12.9. The second kappa shape index (κ2) is 8.92. The monoisotopic (exact) mass is 388 g/mol. The van der Waals surface area contributed by atoms with Gasteiger partial charge in [0.05, 0.1) is 6.04 Å². The van der Waals surface area contributed by atoms with E-state index in [1.807, 2.05) is 60.7 Å². The fraction of sp³-hybridized carbons (Fsp3) is 0.250. The summed E-state index contributed by atoms with van der Waals surface area (Å²) in [6, 6.07) is 19.3. The van der Waals surface area contributed by atoms with Crippen LogP contribution in [-0.2, 0) is 33.1 Å². The highest BCUT2D eigenvalue weighted by Crippen LogP contribution is 2.18. The van der Waals surface area contributed by atoms with E-state index in [-0.39, 0.29) is 24.4 Å². The van der Waals surface area contributed by atoms with E-state index >= 15 is 0 Å². The lowest BCUT2D eigenvalue weighted by molar-refractivity contribution is -0.122. The van der Waals surface area contributed by atoms with E-state index in [0.717, 1.165) is 11.1 Å². The van der Waals surface area contributed by atoms with E-state index in [0.29, 0.717) is 17.0 Å². The number of benzene rings is 2. The Bertz CT molecular complexity index is 795. The van der Waals surface area contributed by atoms with Gasteiger partial charge in [-0.05, 0) is 12.0 Å². The van der Waals surface area contributed by atoms with Gasteiger partial charge in [0.25, 0.3) is 4.86 Å². The van der Waals surface area contributed by atoms with Crippen molar-refractivity contribution in [1.82, 2.24) is 4.90 Å². The summed E-state index contributed by atoms with van der Waals surface area (Å²) in [5, 5.41) is 0. The molecule has 6 heteroatoms. The molecule has 0 aliphatic carbocycles. The van der Waals surface area contributed by atoms with Crippen molar-refractivity contribution >= 4 is 39.8 Å². The fourth-order valence-corrected chi connectivity index (χ4v) is 3.96. The third-order valence-electron chi connectivity index (χ3n) is 4.11. The van der Waals surface area contributed by atoms with Gasteiger partial charge in [-0.15, -0.1) is 11.6 Å². The Balaban J connectivity index is 1.75. The molecule has 0 unspecified atom stereocenters. The molecule has 0 radical (unpaired) electrons. The third-order valence-corrected chi connectivity index (χ3v) is 5.68. The molecule has 1 heterocycles. The minimum Gasteiger partial charge on any atom is -0.447 e. The average molecular weight is 389 g/mol. The Morgan fingerprint density at radius 3 is 2.31 bits per heavy atom. The maximum Gasteiger partial charge on any atom is 0.417 e. The van der Waals surface area contributed by atoms with Crippen LogP contribution in [0, 0.1) is 0 Å². The van der Waals surface area contributed by atoms with Crippen LogP contribution in [0.2, 0.25) is 0 Å². The average Bonchev–Trinajstić information content (AvgIpc) is 3.04. The van der Waals surface area contributed by atoms with Crippen molar-refractivity contribution in [2.24, 2.45) is 0 Å². The molecule has 1 fully saturated rings. The number of hydrogen-bond donors (Lipinski definition) is 0. The molecular weight excluding hydrogens is 370 g/mol. The molecule has 1 saturated heterocycles. The van der Waals surface area contributed by atoms with Crippen LogP contribution < -0.4 is 0 Å². The summed E-state index contributed by atoms with van der Waals surface area (Å²) in [7, 11) is 0. The zero-order valence-electron chi connectivity index (χ0n) is 14.1. The van der Waals surface area contributed by atoms with Crippen molar-refractivity contribution in [2.45, 2.75) is 18.2 Å². The maximum absolute atomic E-state index is 12.9. The highest BCUT2D eigenvalue weighted by atomic mass is 35.5. The first-order valence-corrected chi connectivity index (χ1v) is 9.84. The highest BCUT2D eigenvalue weighted by Gasteiger charge is 2.42. The van der Waals surface area contributed by atoms with Crippen LogP contribution in [0.1, 0.15) is 11.1 Å². The Morgan fingerprint density at radius 1 is 1.08 bits per heavy atom. The van der Waals surface area contributed by atoms with Gasteiger partial charge in [0, 0.05) is 5.56 Å². The molecule has 0 N–H and O–H groups in total. The Morgan fingerprint density at radius 2 is 1.69 bits per heavy atom. The van der Waals surface area contributed by atoms with Crippen molar-refractivity contribution < 1.29 is 14.3 Å². The van der Waals surface area contributed by atoms with Gasteiger partial charge in [-0.3, -0.25) is 4.79 Å². The largest absolute Gasteiger partial charge is 0.447 e.